The molecule has 1 fully saturated rings. The lowest BCUT2D eigenvalue weighted by Gasteiger charge is -2.19. The van der Waals surface area contributed by atoms with Crippen LogP contribution in [0.1, 0.15) is 17.7 Å². The van der Waals surface area contributed by atoms with E-state index >= 15 is 0 Å². The van der Waals surface area contributed by atoms with Crippen molar-refractivity contribution in [3.63, 3.8) is 0 Å². The van der Waals surface area contributed by atoms with Gasteiger partial charge in [0.25, 0.3) is 0 Å². The van der Waals surface area contributed by atoms with Gasteiger partial charge >= 0.3 is 6.03 Å². The minimum atomic E-state index is -0.463. The first-order valence-corrected chi connectivity index (χ1v) is 9.51. The molecule has 1 aliphatic rings. The van der Waals surface area contributed by atoms with Gasteiger partial charge in [0.2, 0.25) is 0 Å². The number of halogens is 1. The molecule has 0 aliphatic carbocycles. The van der Waals surface area contributed by atoms with E-state index in [-0.39, 0.29) is 6.10 Å². The van der Waals surface area contributed by atoms with Crippen LogP contribution in [0.5, 0.6) is 5.75 Å². The van der Waals surface area contributed by atoms with Crippen LogP contribution in [0.15, 0.2) is 24.5 Å². The molecule has 150 valence electrons. The normalized spacial score (nSPS) is 16.9. The van der Waals surface area contributed by atoms with Gasteiger partial charge in [-0.1, -0.05) is 11.6 Å². The fourth-order valence-corrected chi connectivity index (χ4v) is 2.82. The lowest BCUT2D eigenvalue weighted by Crippen LogP contribution is -2.31. The number of amides is 2. The van der Waals surface area contributed by atoms with Gasteiger partial charge in [-0.25, -0.2) is 9.78 Å². The van der Waals surface area contributed by atoms with Crippen molar-refractivity contribution in [3.8, 4) is 5.75 Å². The van der Waals surface area contributed by atoms with Gasteiger partial charge < -0.3 is 20.1 Å². The molecular weight excluding hydrogens is 382 g/mol. The molecule has 9 heteroatoms. The summed E-state index contributed by atoms with van der Waals surface area (Å²) in [5, 5.41) is 9.24. The maximum atomic E-state index is 12.3. The maximum Gasteiger partial charge on any atom is 0.325 e. The standard InChI is InChI=1S/C19H24ClN5O3/c1-12-6-17(28-11-14-9-21-4-3-5-27-14)16(7-15(12)20)24-19(26)25-18-10-22-13(2)8-23-18/h6-8,10,14,21H,3-5,9,11H2,1-2H3,(H2,23,24,25,26)/t14-/m0/s1. The molecule has 8 nitrogen and oxygen atoms in total. The third-order valence-corrected chi connectivity index (χ3v) is 4.59. The van der Waals surface area contributed by atoms with Crippen molar-refractivity contribution < 1.29 is 14.3 Å². The summed E-state index contributed by atoms with van der Waals surface area (Å²) in [6.45, 7) is 6.43. The Morgan fingerprint density at radius 2 is 2.18 bits per heavy atom. The first kappa shape index (κ1) is 20.3. The van der Waals surface area contributed by atoms with Crippen LogP contribution in [-0.4, -0.2) is 48.4 Å². The van der Waals surface area contributed by atoms with Crippen LogP contribution in [0, 0.1) is 13.8 Å². The molecule has 3 N–H and O–H groups in total. The predicted octanol–water partition coefficient (Wildman–Crippen LogP) is 3.15. The summed E-state index contributed by atoms with van der Waals surface area (Å²) < 4.78 is 11.7. The molecule has 1 aromatic heterocycles. The molecular formula is C19H24ClN5O3. The summed E-state index contributed by atoms with van der Waals surface area (Å²) >= 11 is 6.23. The van der Waals surface area contributed by atoms with E-state index < -0.39 is 6.03 Å². The number of urea groups is 1. The first-order valence-electron chi connectivity index (χ1n) is 9.13. The molecule has 28 heavy (non-hydrogen) atoms. The Morgan fingerprint density at radius 1 is 1.32 bits per heavy atom. The molecule has 1 atom stereocenters. The highest BCUT2D eigenvalue weighted by Crippen LogP contribution is 2.31. The highest BCUT2D eigenvalue weighted by molar-refractivity contribution is 6.31. The van der Waals surface area contributed by atoms with Gasteiger partial charge in [-0.15, -0.1) is 0 Å². The number of aryl methyl sites for hydroxylation is 2. The van der Waals surface area contributed by atoms with Crippen molar-refractivity contribution in [2.24, 2.45) is 0 Å². The molecule has 0 spiro atoms. The van der Waals surface area contributed by atoms with E-state index in [0.29, 0.717) is 35.5 Å². The second-order valence-corrected chi connectivity index (χ2v) is 6.99. The smallest absolute Gasteiger partial charge is 0.325 e. The van der Waals surface area contributed by atoms with Crippen molar-refractivity contribution in [2.45, 2.75) is 26.4 Å². The second-order valence-electron chi connectivity index (χ2n) is 6.58. The number of rotatable bonds is 5. The van der Waals surface area contributed by atoms with Crippen LogP contribution in [0.25, 0.3) is 0 Å². The zero-order chi connectivity index (χ0) is 19.9. The Kier molecular flexibility index (Phi) is 7.02. The van der Waals surface area contributed by atoms with Crippen LogP contribution in [-0.2, 0) is 4.74 Å². The van der Waals surface area contributed by atoms with Crippen LogP contribution in [0.2, 0.25) is 5.02 Å². The average Bonchev–Trinajstić information content (AvgIpc) is 2.94. The molecule has 1 saturated heterocycles. The van der Waals surface area contributed by atoms with Crippen molar-refractivity contribution in [1.82, 2.24) is 15.3 Å². The largest absolute Gasteiger partial charge is 0.489 e. The molecule has 1 aliphatic heterocycles. The van der Waals surface area contributed by atoms with E-state index in [0.717, 1.165) is 30.8 Å². The van der Waals surface area contributed by atoms with E-state index in [2.05, 4.69) is 25.9 Å². The summed E-state index contributed by atoms with van der Waals surface area (Å²) in [7, 11) is 0. The summed E-state index contributed by atoms with van der Waals surface area (Å²) in [6, 6.07) is 3.00. The van der Waals surface area contributed by atoms with Crippen LogP contribution >= 0.6 is 11.6 Å². The predicted molar refractivity (Wildman–Crippen MR) is 108 cm³/mol. The van der Waals surface area contributed by atoms with E-state index in [1.165, 1.54) is 6.20 Å². The van der Waals surface area contributed by atoms with Gasteiger partial charge in [0.15, 0.2) is 5.82 Å². The zero-order valence-corrected chi connectivity index (χ0v) is 16.7. The van der Waals surface area contributed by atoms with Crippen LogP contribution in [0.4, 0.5) is 16.3 Å². The van der Waals surface area contributed by atoms with Crippen molar-refractivity contribution in [2.75, 3.05) is 36.9 Å². The van der Waals surface area contributed by atoms with Gasteiger partial charge in [-0.2, -0.15) is 0 Å². The minimum Gasteiger partial charge on any atom is -0.489 e. The number of aromatic nitrogens is 2. The van der Waals surface area contributed by atoms with Crippen LogP contribution in [0.3, 0.4) is 0 Å². The quantitative estimate of drug-likeness (QED) is 0.707. The molecule has 2 amide bonds. The highest BCUT2D eigenvalue weighted by atomic mass is 35.5. The number of carbonyl (C=O) groups excluding carboxylic acids is 1. The fourth-order valence-electron chi connectivity index (χ4n) is 2.66. The Bertz CT molecular complexity index is 808. The minimum absolute atomic E-state index is 0.0528. The van der Waals surface area contributed by atoms with E-state index in [1.54, 1.807) is 18.3 Å². The molecule has 1 aromatic carbocycles. The Morgan fingerprint density at radius 3 is 2.96 bits per heavy atom. The molecule has 0 bridgehead atoms. The Balaban J connectivity index is 1.67. The van der Waals surface area contributed by atoms with Crippen LogP contribution < -0.4 is 20.7 Å². The topological polar surface area (TPSA) is 97.4 Å². The molecule has 3 rings (SSSR count). The second kappa shape index (κ2) is 9.68. The van der Waals surface area contributed by atoms with Crippen molar-refractivity contribution >= 4 is 29.1 Å². The fraction of sp³-hybridized carbons (Fsp3) is 0.421. The third-order valence-electron chi connectivity index (χ3n) is 4.18. The summed E-state index contributed by atoms with van der Waals surface area (Å²) in [4.78, 5) is 20.5. The van der Waals surface area contributed by atoms with Gasteiger partial charge in [-0.05, 0) is 44.5 Å². The number of carbonyl (C=O) groups is 1. The summed E-state index contributed by atoms with van der Waals surface area (Å²) in [5.74, 6) is 0.876. The zero-order valence-electron chi connectivity index (χ0n) is 15.9. The lowest BCUT2D eigenvalue weighted by molar-refractivity contribution is 0.0326. The number of hydrogen-bond acceptors (Lipinski definition) is 6. The summed E-state index contributed by atoms with van der Waals surface area (Å²) in [6.07, 6.45) is 3.99. The lowest BCUT2D eigenvalue weighted by atomic mass is 10.2. The van der Waals surface area contributed by atoms with Gasteiger partial charge in [0, 0.05) is 18.2 Å². The number of benzene rings is 1. The molecule has 2 aromatic rings. The van der Waals surface area contributed by atoms with Crippen molar-refractivity contribution in [1.29, 1.82) is 0 Å². The van der Waals surface area contributed by atoms with E-state index in [1.807, 2.05) is 13.8 Å². The molecule has 0 radical (unpaired) electrons. The number of ether oxygens (including phenoxy) is 2. The number of nitrogens with zero attached hydrogens (tertiary/aromatic N) is 2. The monoisotopic (exact) mass is 405 g/mol. The first-order chi connectivity index (χ1) is 13.5. The van der Waals surface area contributed by atoms with Gasteiger partial charge in [-0.3, -0.25) is 10.3 Å². The number of nitrogens with one attached hydrogen (secondary N) is 3. The Labute approximate surface area is 169 Å². The summed E-state index contributed by atoms with van der Waals surface area (Å²) in [5.41, 5.74) is 2.09. The highest BCUT2D eigenvalue weighted by Gasteiger charge is 2.16. The average molecular weight is 406 g/mol. The molecule has 2 heterocycles. The van der Waals surface area contributed by atoms with Gasteiger partial charge in [0.05, 0.1) is 23.8 Å². The molecule has 0 saturated carbocycles. The van der Waals surface area contributed by atoms with Gasteiger partial charge in [0.1, 0.15) is 18.5 Å². The Hall–Kier alpha value is -2.42. The number of hydrogen-bond donors (Lipinski definition) is 3. The SMILES string of the molecule is Cc1cnc(NC(=O)Nc2cc(Cl)c(C)cc2OC[C@@H]2CNCCCO2)cn1. The number of anilines is 2. The maximum absolute atomic E-state index is 12.3. The van der Waals surface area contributed by atoms with Crippen molar-refractivity contribution in [3.05, 3.63) is 40.8 Å². The van der Waals surface area contributed by atoms with E-state index in [4.69, 9.17) is 21.1 Å². The molecule has 0 unspecified atom stereocenters. The van der Waals surface area contributed by atoms with E-state index in [9.17, 15) is 4.79 Å². The third kappa shape index (κ3) is 5.79.